The van der Waals surface area contributed by atoms with Gasteiger partial charge in [-0.1, -0.05) is 12.1 Å². The van der Waals surface area contributed by atoms with Crippen LogP contribution in [0.4, 0.5) is 5.69 Å². The largest absolute Gasteiger partial charge is 0.478 e. The van der Waals surface area contributed by atoms with Crippen LogP contribution in [0.25, 0.3) is 11.3 Å². The van der Waals surface area contributed by atoms with Crippen LogP contribution >= 0.6 is 0 Å². The van der Waals surface area contributed by atoms with Crippen molar-refractivity contribution < 1.29 is 19.1 Å². The number of carboxylic acids is 1. The molecule has 6 nitrogen and oxygen atoms in total. The van der Waals surface area contributed by atoms with Crippen molar-refractivity contribution in [3.63, 3.8) is 0 Å². The van der Waals surface area contributed by atoms with Gasteiger partial charge in [-0.05, 0) is 12.1 Å². The van der Waals surface area contributed by atoms with Crippen LogP contribution in [0.15, 0.2) is 47.1 Å². The van der Waals surface area contributed by atoms with Crippen LogP contribution in [0.1, 0.15) is 5.89 Å². The van der Waals surface area contributed by atoms with Gasteiger partial charge in [0.05, 0.1) is 0 Å². The zero-order valence-corrected chi connectivity index (χ0v) is 10.7. The molecule has 0 fully saturated rings. The highest BCUT2D eigenvalue weighted by molar-refractivity contribution is 6.02. The highest BCUT2D eigenvalue weighted by atomic mass is 16.4. The third-order valence-electron chi connectivity index (χ3n) is 2.44. The van der Waals surface area contributed by atoms with E-state index < -0.39 is 11.9 Å². The number of oxazole rings is 1. The van der Waals surface area contributed by atoms with E-state index >= 15 is 0 Å². The standard InChI is InChI=1S/C14H12N2O4/c1-9-15-12(8-20-9)10-2-4-11(5-3-10)16-13(17)6-7-14(18)19/h2-8H,1H3,(H,16,17)(H,18,19)/b7-6+. The Balaban J connectivity index is 2.05. The van der Waals surface area contributed by atoms with Crippen LogP contribution < -0.4 is 5.32 Å². The van der Waals surface area contributed by atoms with E-state index in [1.807, 2.05) is 0 Å². The summed E-state index contributed by atoms with van der Waals surface area (Å²) in [5, 5.41) is 11.0. The van der Waals surface area contributed by atoms with Gasteiger partial charge < -0.3 is 14.8 Å². The van der Waals surface area contributed by atoms with E-state index in [0.29, 0.717) is 17.3 Å². The molecule has 2 aromatic rings. The lowest BCUT2D eigenvalue weighted by molar-refractivity contribution is -0.131. The number of hydrogen-bond acceptors (Lipinski definition) is 4. The average Bonchev–Trinajstić information content (AvgIpc) is 2.84. The minimum Gasteiger partial charge on any atom is -0.478 e. The van der Waals surface area contributed by atoms with Crippen LogP contribution in [0.5, 0.6) is 0 Å². The number of aliphatic carboxylic acids is 1. The molecule has 0 aliphatic rings. The van der Waals surface area contributed by atoms with Crippen molar-refractivity contribution in [3.8, 4) is 11.3 Å². The Hall–Kier alpha value is -2.89. The van der Waals surface area contributed by atoms with Gasteiger partial charge in [-0.25, -0.2) is 9.78 Å². The normalized spacial score (nSPS) is 10.7. The fourth-order valence-corrected chi connectivity index (χ4v) is 1.55. The van der Waals surface area contributed by atoms with Gasteiger partial charge in [0.15, 0.2) is 5.89 Å². The van der Waals surface area contributed by atoms with Crippen molar-refractivity contribution in [2.24, 2.45) is 0 Å². The number of nitrogens with zero attached hydrogens (tertiary/aromatic N) is 1. The lowest BCUT2D eigenvalue weighted by Crippen LogP contribution is -2.08. The monoisotopic (exact) mass is 272 g/mol. The predicted molar refractivity (Wildman–Crippen MR) is 72.1 cm³/mol. The molecule has 20 heavy (non-hydrogen) atoms. The highest BCUT2D eigenvalue weighted by Gasteiger charge is 2.04. The number of carbonyl (C=O) groups excluding carboxylic acids is 1. The number of aromatic nitrogens is 1. The molecule has 2 N–H and O–H groups in total. The Bertz CT molecular complexity index is 656. The minimum atomic E-state index is -1.17. The first-order valence-corrected chi connectivity index (χ1v) is 5.79. The predicted octanol–water partition coefficient (Wildman–Crippen LogP) is 2.23. The van der Waals surface area contributed by atoms with E-state index in [1.165, 1.54) is 0 Å². The maximum Gasteiger partial charge on any atom is 0.328 e. The smallest absolute Gasteiger partial charge is 0.328 e. The summed E-state index contributed by atoms with van der Waals surface area (Å²) in [5.41, 5.74) is 2.14. The Morgan fingerprint density at radius 2 is 1.95 bits per heavy atom. The van der Waals surface area contributed by atoms with E-state index in [9.17, 15) is 9.59 Å². The number of rotatable bonds is 4. The van der Waals surface area contributed by atoms with E-state index in [2.05, 4.69) is 10.3 Å². The summed E-state index contributed by atoms with van der Waals surface area (Å²) >= 11 is 0. The summed E-state index contributed by atoms with van der Waals surface area (Å²) in [6.45, 7) is 1.76. The second-order valence-corrected chi connectivity index (χ2v) is 3.99. The van der Waals surface area contributed by atoms with Gasteiger partial charge in [-0.2, -0.15) is 0 Å². The number of nitrogens with one attached hydrogen (secondary N) is 1. The summed E-state index contributed by atoms with van der Waals surface area (Å²) in [4.78, 5) is 25.9. The molecule has 0 radical (unpaired) electrons. The first-order chi connectivity index (χ1) is 9.54. The van der Waals surface area contributed by atoms with E-state index in [1.54, 1.807) is 37.5 Å². The SMILES string of the molecule is Cc1nc(-c2ccc(NC(=O)/C=C/C(=O)O)cc2)co1. The zero-order valence-electron chi connectivity index (χ0n) is 10.7. The van der Waals surface area contributed by atoms with Crippen LogP contribution in [-0.2, 0) is 9.59 Å². The summed E-state index contributed by atoms with van der Waals surface area (Å²) in [7, 11) is 0. The van der Waals surface area contributed by atoms with Crippen molar-refractivity contribution >= 4 is 17.6 Å². The topological polar surface area (TPSA) is 92.4 Å². The van der Waals surface area contributed by atoms with Gasteiger partial charge in [0.2, 0.25) is 5.91 Å². The number of amides is 1. The lowest BCUT2D eigenvalue weighted by Gasteiger charge is -2.02. The number of benzene rings is 1. The van der Waals surface area contributed by atoms with Gasteiger partial charge in [0.1, 0.15) is 12.0 Å². The molecule has 1 heterocycles. The van der Waals surface area contributed by atoms with Gasteiger partial charge in [-0.3, -0.25) is 4.79 Å². The quantitative estimate of drug-likeness (QED) is 0.832. The summed E-state index contributed by atoms with van der Waals surface area (Å²) in [6, 6.07) is 6.97. The summed E-state index contributed by atoms with van der Waals surface area (Å²) in [6.07, 6.45) is 3.29. The molecule has 1 amide bonds. The summed E-state index contributed by atoms with van der Waals surface area (Å²) in [5.74, 6) is -1.09. The molecular formula is C14H12N2O4. The second kappa shape index (κ2) is 5.83. The van der Waals surface area contributed by atoms with Gasteiger partial charge in [0, 0.05) is 30.3 Å². The fraction of sp³-hybridized carbons (Fsp3) is 0.0714. The molecule has 0 unspecified atom stereocenters. The molecule has 0 bridgehead atoms. The molecule has 0 saturated carbocycles. The number of carboxylic acid groups (broad SMARTS) is 1. The molecule has 2 rings (SSSR count). The third-order valence-corrected chi connectivity index (χ3v) is 2.44. The molecule has 1 aromatic heterocycles. The maximum absolute atomic E-state index is 11.4. The minimum absolute atomic E-state index is 0.502. The molecule has 0 aliphatic heterocycles. The third kappa shape index (κ3) is 3.55. The second-order valence-electron chi connectivity index (χ2n) is 3.99. The van der Waals surface area contributed by atoms with Crippen molar-refractivity contribution in [2.45, 2.75) is 6.92 Å². The number of hydrogen-bond donors (Lipinski definition) is 2. The van der Waals surface area contributed by atoms with Crippen LogP contribution in [-0.4, -0.2) is 22.0 Å². The maximum atomic E-state index is 11.4. The van der Waals surface area contributed by atoms with Gasteiger partial charge in [-0.15, -0.1) is 0 Å². The van der Waals surface area contributed by atoms with Crippen molar-refractivity contribution in [2.75, 3.05) is 5.32 Å². The Labute approximate surface area is 114 Å². The Kier molecular flexibility index (Phi) is 3.95. The molecule has 0 atom stereocenters. The lowest BCUT2D eigenvalue weighted by atomic mass is 10.1. The number of carbonyl (C=O) groups is 2. The Morgan fingerprint density at radius 3 is 2.50 bits per heavy atom. The number of aryl methyl sites for hydroxylation is 1. The van der Waals surface area contributed by atoms with Gasteiger partial charge in [0.25, 0.3) is 0 Å². The Morgan fingerprint density at radius 1 is 1.25 bits per heavy atom. The van der Waals surface area contributed by atoms with E-state index in [-0.39, 0.29) is 0 Å². The van der Waals surface area contributed by atoms with Crippen LogP contribution in [0, 0.1) is 6.92 Å². The van der Waals surface area contributed by atoms with Crippen molar-refractivity contribution in [3.05, 3.63) is 48.6 Å². The van der Waals surface area contributed by atoms with Crippen LogP contribution in [0.2, 0.25) is 0 Å². The average molecular weight is 272 g/mol. The van der Waals surface area contributed by atoms with Crippen molar-refractivity contribution in [1.82, 2.24) is 4.98 Å². The van der Waals surface area contributed by atoms with E-state index in [0.717, 1.165) is 17.7 Å². The first-order valence-electron chi connectivity index (χ1n) is 5.79. The van der Waals surface area contributed by atoms with Crippen molar-refractivity contribution in [1.29, 1.82) is 0 Å². The molecule has 0 saturated heterocycles. The summed E-state index contributed by atoms with van der Waals surface area (Å²) < 4.78 is 5.12. The number of anilines is 1. The molecule has 102 valence electrons. The molecule has 0 spiro atoms. The molecule has 6 heteroatoms. The fourth-order valence-electron chi connectivity index (χ4n) is 1.55. The molecule has 1 aromatic carbocycles. The highest BCUT2D eigenvalue weighted by Crippen LogP contribution is 2.20. The van der Waals surface area contributed by atoms with Gasteiger partial charge >= 0.3 is 5.97 Å². The zero-order chi connectivity index (χ0) is 14.5. The molecular weight excluding hydrogens is 260 g/mol. The van der Waals surface area contributed by atoms with Crippen LogP contribution in [0.3, 0.4) is 0 Å². The first kappa shape index (κ1) is 13.5. The van der Waals surface area contributed by atoms with E-state index in [4.69, 9.17) is 9.52 Å². The molecule has 0 aliphatic carbocycles.